The number of thioether (sulfide) groups is 1. The van der Waals surface area contributed by atoms with Crippen molar-refractivity contribution >= 4 is 46.8 Å². The van der Waals surface area contributed by atoms with Crippen molar-refractivity contribution < 1.29 is 24.2 Å². The molecule has 9 heteroatoms. The highest BCUT2D eigenvalue weighted by Gasteiger charge is 2.71. The summed E-state index contributed by atoms with van der Waals surface area (Å²) >= 11 is 8.03. The number of β-amino-alcohol motifs (C(OH)–C–C–N with tert-alkyl or cyclic N) is 1. The molecular formula is C26H29ClN2O5S. The maximum atomic E-state index is 14.2. The first-order valence-electron chi connectivity index (χ1n) is 12.1. The standard InChI is InChI=1S/C26H29ClN2O5S/c1-16-8-6-9-17(27)21(16)28-12-7-11-26-20(23(31)29(13-14-30)22(26)24(28)32)19-18(35-26)10-4-2-3-5-15-34-25(19)33/h4,6-11,18-20,22,30H,2-3,5,12-15H2,1H3/b10-4-/t18-,19+,20-,22?,26-/m0/s1. The number of amides is 2. The zero-order valence-electron chi connectivity index (χ0n) is 19.6. The molecule has 0 bridgehead atoms. The molecule has 2 fully saturated rings. The highest BCUT2D eigenvalue weighted by atomic mass is 35.5. The number of ether oxygens (including phenoxy) is 1. The lowest BCUT2D eigenvalue weighted by molar-refractivity contribution is -0.153. The van der Waals surface area contributed by atoms with E-state index in [0.717, 1.165) is 24.8 Å². The van der Waals surface area contributed by atoms with Gasteiger partial charge in [0.25, 0.3) is 5.91 Å². The van der Waals surface area contributed by atoms with Crippen LogP contribution in [0.4, 0.5) is 5.69 Å². The van der Waals surface area contributed by atoms with Crippen LogP contribution in [0, 0.1) is 18.8 Å². The Morgan fingerprint density at radius 3 is 2.80 bits per heavy atom. The van der Waals surface area contributed by atoms with E-state index in [0.29, 0.717) is 23.9 Å². The molecule has 35 heavy (non-hydrogen) atoms. The van der Waals surface area contributed by atoms with Crippen LogP contribution >= 0.6 is 23.4 Å². The lowest BCUT2D eigenvalue weighted by atomic mass is 9.78. The largest absolute Gasteiger partial charge is 0.465 e. The molecule has 1 unspecified atom stereocenters. The van der Waals surface area contributed by atoms with E-state index in [1.807, 2.05) is 37.3 Å². The molecule has 1 spiro atoms. The van der Waals surface area contributed by atoms with E-state index in [9.17, 15) is 19.5 Å². The average molecular weight is 517 g/mol. The molecule has 7 nitrogen and oxygen atoms in total. The highest BCUT2D eigenvalue weighted by molar-refractivity contribution is 8.02. The quantitative estimate of drug-likeness (QED) is 0.490. The zero-order valence-corrected chi connectivity index (χ0v) is 21.1. The summed E-state index contributed by atoms with van der Waals surface area (Å²) in [4.78, 5) is 44.4. The van der Waals surface area contributed by atoms with Crippen LogP contribution in [0.3, 0.4) is 0 Å². The van der Waals surface area contributed by atoms with Crippen LogP contribution in [0.2, 0.25) is 5.02 Å². The Balaban J connectivity index is 1.62. The van der Waals surface area contributed by atoms with Gasteiger partial charge in [0.05, 0.1) is 40.5 Å². The van der Waals surface area contributed by atoms with Gasteiger partial charge in [0.2, 0.25) is 5.91 Å². The Labute approximate surface area is 214 Å². The van der Waals surface area contributed by atoms with Crippen LogP contribution in [-0.4, -0.2) is 70.1 Å². The topological polar surface area (TPSA) is 87.2 Å². The second-order valence-electron chi connectivity index (χ2n) is 9.45. The van der Waals surface area contributed by atoms with Crippen LogP contribution in [0.25, 0.3) is 0 Å². The van der Waals surface area contributed by atoms with Gasteiger partial charge in [0.15, 0.2) is 0 Å². The van der Waals surface area contributed by atoms with Crippen LogP contribution in [0.5, 0.6) is 0 Å². The van der Waals surface area contributed by atoms with Crippen molar-refractivity contribution in [3.05, 3.63) is 53.1 Å². The third-order valence-corrected chi connectivity index (χ3v) is 9.45. The number of hydrogen-bond acceptors (Lipinski definition) is 6. The molecule has 1 aromatic rings. The molecule has 5 rings (SSSR count). The third kappa shape index (κ3) is 3.90. The lowest BCUT2D eigenvalue weighted by Gasteiger charge is -2.35. The fraction of sp³-hybridized carbons (Fsp3) is 0.500. The Morgan fingerprint density at radius 2 is 2.03 bits per heavy atom. The van der Waals surface area contributed by atoms with Gasteiger partial charge >= 0.3 is 5.97 Å². The summed E-state index contributed by atoms with van der Waals surface area (Å²) in [5.41, 5.74) is 1.46. The van der Waals surface area contributed by atoms with Gasteiger partial charge in [0.1, 0.15) is 6.04 Å². The number of anilines is 1. The number of fused-ring (bicyclic) bond motifs is 2. The molecule has 2 saturated heterocycles. The maximum Gasteiger partial charge on any atom is 0.311 e. The van der Waals surface area contributed by atoms with E-state index in [1.165, 1.54) is 16.7 Å². The van der Waals surface area contributed by atoms with Gasteiger partial charge in [-0.25, -0.2) is 0 Å². The Kier molecular flexibility index (Phi) is 6.72. The number of aliphatic hydroxyl groups excluding tert-OH is 1. The van der Waals surface area contributed by atoms with Crippen LogP contribution in [0.1, 0.15) is 24.8 Å². The van der Waals surface area contributed by atoms with Crippen molar-refractivity contribution in [1.29, 1.82) is 0 Å². The molecule has 5 atom stereocenters. The van der Waals surface area contributed by atoms with E-state index >= 15 is 0 Å². The Hall–Kier alpha value is -2.29. The number of para-hydroxylation sites is 1. The van der Waals surface area contributed by atoms with E-state index in [4.69, 9.17) is 16.3 Å². The van der Waals surface area contributed by atoms with Gasteiger partial charge in [-0.2, -0.15) is 0 Å². The van der Waals surface area contributed by atoms with Gasteiger partial charge in [-0.3, -0.25) is 14.4 Å². The number of hydrogen-bond donors (Lipinski definition) is 1. The van der Waals surface area contributed by atoms with E-state index in [-0.39, 0.29) is 30.2 Å². The first-order valence-corrected chi connectivity index (χ1v) is 13.3. The first kappa shape index (κ1) is 24.4. The molecule has 0 radical (unpaired) electrons. The normalized spacial score (nSPS) is 33.6. The van der Waals surface area contributed by atoms with Crippen molar-refractivity contribution in [2.24, 2.45) is 11.8 Å². The average Bonchev–Trinajstić information content (AvgIpc) is 3.20. The fourth-order valence-corrected chi connectivity index (χ4v) is 8.26. The minimum absolute atomic E-state index is 0.0134. The van der Waals surface area contributed by atoms with Crippen molar-refractivity contribution in [2.45, 2.75) is 42.2 Å². The van der Waals surface area contributed by atoms with Crippen LogP contribution in [0.15, 0.2) is 42.5 Å². The number of likely N-dealkylation sites (tertiary alicyclic amines) is 1. The van der Waals surface area contributed by atoms with Crippen molar-refractivity contribution in [3.63, 3.8) is 0 Å². The first-order chi connectivity index (χ1) is 16.9. The maximum absolute atomic E-state index is 14.2. The number of esters is 1. The summed E-state index contributed by atoms with van der Waals surface area (Å²) in [5.74, 6) is -2.39. The molecule has 0 aromatic heterocycles. The second kappa shape index (κ2) is 9.64. The number of rotatable bonds is 3. The smallest absolute Gasteiger partial charge is 0.311 e. The number of nitrogens with zero attached hydrogens (tertiary/aromatic N) is 2. The molecule has 4 aliphatic rings. The Bertz CT molecular complexity index is 1090. The molecule has 4 aliphatic heterocycles. The Morgan fingerprint density at radius 1 is 1.20 bits per heavy atom. The molecule has 1 aromatic carbocycles. The van der Waals surface area contributed by atoms with Gasteiger partial charge in [-0.05, 0) is 37.8 Å². The lowest BCUT2D eigenvalue weighted by Crippen LogP contribution is -2.54. The fourth-order valence-electron chi connectivity index (χ4n) is 5.93. The molecule has 0 aliphatic carbocycles. The SMILES string of the molecule is Cc1cccc(Cl)c1N1CC=C[C@]23S[C@H]4/C=C\CCCCOC(=O)[C@H]4[C@H]2C(=O)N(CCO)C3C1=O. The molecule has 1 N–H and O–H groups in total. The number of aliphatic hydroxyl groups is 1. The number of halogens is 1. The summed E-state index contributed by atoms with van der Waals surface area (Å²) in [6, 6.07) is 4.60. The predicted octanol–water partition coefficient (Wildman–Crippen LogP) is 3.12. The van der Waals surface area contributed by atoms with Gasteiger partial charge in [-0.1, -0.05) is 48.0 Å². The summed E-state index contributed by atoms with van der Waals surface area (Å²) in [6.07, 6.45) is 10.5. The minimum atomic E-state index is -0.944. The van der Waals surface area contributed by atoms with Gasteiger partial charge < -0.3 is 19.6 Å². The number of carbonyl (C=O) groups is 3. The monoisotopic (exact) mass is 516 g/mol. The predicted molar refractivity (Wildman–Crippen MR) is 135 cm³/mol. The summed E-state index contributed by atoms with van der Waals surface area (Å²) < 4.78 is 4.65. The van der Waals surface area contributed by atoms with E-state index in [1.54, 1.807) is 11.0 Å². The van der Waals surface area contributed by atoms with Gasteiger partial charge in [0, 0.05) is 18.3 Å². The number of benzene rings is 1. The molecule has 4 heterocycles. The second-order valence-corrected chi connectivity index (χ2v) is 11.3. The highest BCUT2D eigenvalue weighted by Crippen LogP contribution is 2.60. The van der Waals surface area contributed by atoms with Gasteiger partial charge in [-0.15, -0.1) is 11.8 Å². The summed E-state index contributed by atoms with van der Waals surface area (Å²) in [7, 11) is 0. The summed E-state index contributed by atoms with van der Waals surface area (Å²) in [5, 5.41) is 9.97. The molecule has 0 saturated carbocycles. The number of cyclic esters (lactones) is 1. The zero-order chi connectivity index (χ0) is 24.7. The van der Waals surface area contributed by atoms with E-state index in [2.05, 4.69) is 6.08 Å². The minimum Gasteiger partial charge on any atom is -0.465 e. The van der Waals surface area contributed by atoms with Crippen molar-refractivity contribution in [1.82, 2.24) is 4.90 Å². The van der Waals surface area contributed by atoms with Crippen LogP contribution < -0.4 is 4.90 Å². The van der Waals surface area contributed by atoms with Crippen molar-refractivity contribution in [3.8, 4) is 0 Å². The number of allylic oxidation sites excluding steroid dienone is 1. The number of aryl methyl sites for hydroxylation is 1. The third-order valence-electron chi connectivity index (χ3n) is 7.40. The van der Waals surface area contributed by atoms with Crippen LogP contribution in [-0.2, 0) is 19.1 Å². The van der Waals surface area contributed by atoms with E-state index < -0.39 is 28.6 Å². The molecular weight excluding hydrogens is 488 g/mol. The van der Waals surface area contributed by atoms with Crippen molar-refractivity contribution in [2.75, 3.05) is 31.2 Å². The summed E-state index contributed by atoms with van der Waals surface area (Å²) in [6.45, 7) is 2.25. The molecule has 2 amide bonds. The number of carbonyl (C=O) groups excluding carboxylic acids is 3. The molecule has 186 valence electrons.